The van der Waals surface area contributed by atoms with Crippen LogP contribution >= 0.6 is 23.2 Å². The van der Waals surface area contributed by atoms with Gasteiger partial charge in [-0.05, 0) is 25.0 Å². The van der Waals surface area contributed by atoms with E-state index in [9.17, 15) is 10.1 Å². The van der Waals surface area contributed by atoms with E-state index in [2.05, 4.69) is 11.4 Å². The fraction of sp³-hybridized carbons (Fsp3) is 0.200. The SMILES string of the molecule is Cc1cccc(CCNc2cc(Cl)c(Cl)cc2[N+](=O)[O-])c1. The minimum absolute atomic E-state index is 0.0753. The Kier molecular flexibility index (Phi) is 5.04. The summed E-state index contributed by atoms with van der Waals surface area (Å²) < 4.78 is 0. The molecule has 0 aliphatic rings. The molecular formula is C15H14Cl2N2O2. The Labute approximate surface area is 132 Å². The van der Waals surface area contributed by atoms with E-state index in [1.165, 1.54) is 23.3 Å². The molecule has 0 aliphatic carbocycles. The smallest absolute Gasteiger partial charge is 0.293 e. The molecule has 0 aromatic heterocycles. The van der Waals surface area contributed by atoms with E-state index >= 15 is 0 Å². The number of hydrogen-bond donors (Lipinski definition) is 1. The highest BCUT2D eigenvalue weighted by atomic mass is 35.5. The van der Waals surface area contributed by atoms with E-state index in [4.69, 9.17) is 23.2 Å². The summed E-state index contributed by atoms with van der Waals surface area (Å²) in [4.78, 5) is 10.6. The van der Waals surface area contributed by atoms with E-state index in [1.54, 1.807) is 0 Å². The first kappa shape index (κ1) is 15.6. The number of rotatable bonds is 5. The topological polar surface area (TPSA) is 55.2 Å². The number of nitrogens with zero attached hydrogens (tertiary/aromatic N) is 1. The van der Waals surface area contributed by atoms with Crippen molar-refractivity contribution in [3.8, 4) is 0 Å². The maximum atomic E-state index is 11.0. The highest BCUT2D eigenvalue weighted by Gasteiger charge is 2.16. The largest absolute Gasteiger partial charge is 0.379 e. The van der Waals surface area contributed by atoms with Gasteiger partial charge in [0, 0.05) is 12.6 Å². The van der Waals surface area contributed by atoms with Crippen LogP contribution in [0.15, 0.2) is 36.4 Å². The molecule has 21 heavy (non-hydrogen) atoms. The zero-order valence-electron chi connectivity index (χ0n) is 11.4. The molecule has 2 aromatic carbocycles. The first-order chi connectivity index (χ1) is 9.97. The fourth-order valence-electron chi connectivity index (χ4n) is 2.04. The number of nitro benzene ring substituents is 1. The van der Waals surface area contributed by atoms with Crippen molar-refractivity contribution in [3.63, 3.8) is 0 Å². The molecule has 4 nitrogen and oxygen atoms in total. The average Bonchev–Trinajstić information content (AvgIpc) is 2.42. The Morgan fingerprint density at radius 3 is 2.57 bits per heavy atom. The van der Waals surface area contributed by atoms with Gasteiger partial charge in [-0.3, -0.25) is 10.1 Å². The number of hydrogen-bond acceptors (Lipinski definition) is 3. The van der Waals surface area contributed by atoms with Crippen LogP contribution in [0.3, 0.4) is 0 Å². The van der Waals surface area contributed by atoms with Gasteiger partial charge in [0.05, 0.1) is 15.0 Å². The van der Waals surface area contributed by atoms with Crippen molar-refractivity contribution in [2.45, 2.75) is 13.3 Å². The summed E-state index contributed by atoms with van der Waals surface area (Å²) in [5, 5.41) is 14.5. The van der Waals surface area contributed by atoms with Crippen molar-refractivity contribution in [1.29, 1.82) is 0 Å². The van der Waals surface area contributed by atoms with Gasteiger partial charge in [-0.15, -0.1) is 0 Å². The van der Waals surface area contributed by atoms with Gasteiger partial charge in [-0.25, -0.2) is 0 Å². The Bertz CT molecular complexity index is 675. The summed E-state index contributed by atoms with van der Waals surface area (Å²) in [7, 11) is 0. The maximum Gasteiger partial charge on any atom is 0.293 e. The van der Waals surface area contributed by atoms with E-state index in [0.29, 0.717) is 17.3 Å². The zero-order chi connectivity index (χ0) is 15.4. The monoisotopic (exact) mass is 324 g/mol. The van der Waals surface area contributed by atoms with Crippen LogP contribution in [0.25, 0.3) is 0 Å². The molecule has 0 amide bonds. The van der Waals surface area contributed by atoms with Gasteiger partial charge >= 0.3 is 0 Å². The van der Waals surface area contributed by atoms with E-state index in [1.807, 2.05) is 25.1 Å². The maximum absolute atomic E-state index is 11.0. The Morgan fingerprint density at radius 1 is 1.19 bits per heavy atom. The van der Waals surface area contributed by atoms with Crippen molar-refractivity contribution in [2.75, 3.05) is 11.9 Å². The van der Waals surface area contributed by atoms with Crippen LogP contribution in [0.2, 0.25) is 10.0 Å². The van der Waals surface area contributed by atoms with Crippen molar-refractivity contribution in [3.05, 3.63) is 67.7 Å². The van der Waals surface area contributed by atoms with E-state index in [0.717, 1.165) is 6.42 Å². The summed E-state index contributed by atoms with van der Waals surface area (Å²) in [5.74, 6) is 0. The number of halogens is 2. The third-order valence-corrected chi connectivity index (χ3v) is 3.77. The number of anilines is 1. The number of nitrogens with one attached hydrogen (secondary N) is 1. The molecule has 0 radical (unpaired) electrons. The first-order valence-corrected chi connectivity index (χ1v) is 7.16. The summed E-state index contributed by atoms with van der Waals surface area (Å²) in [6.45, 7) is 2.60. The molecule has 0 unspecified atom stereocenters. The molecule has 110 valence electrons. The first-order valence-electron chi connectivity index (χ1n) is 6.40. The summed E-state index contributed by atoms with van der Waals surface area (Å²) in [5.41, 5.74) is 2.66. The van der Waals surface area contributed by atoms with Gasteiger partial charge in [-0.2, -0.15) is 0 Å². The van der Waals surface area contributed by atoms with Gasteiger partial charge in [0.15, 0.2) is 0 Å². The lowest BCUT2D eigenvalue weighted by Gasteiger charge is -2.09. The van der Waals surface area contributed by atoms with Crippen LogP contribution in [-0.4, -0.2) is 11.5 Å². The van der Waals surface area contributed by atoms with Crippen LogP contribution in [0.4, 0.5) is 11.4 Å². The molecule has 0 heterocycles. The normalized spacial score (nSPS) is 10.4. The quantitative estimate of drug-likeness (QED) is 0.630. The van der Waals surface area contributed by atoms with Crippen LogP contribution in [-0.2, 0) is 6.42 Å². The van der Waals surface area contributed by atoms with Gasteiger partial charge in [-0.1, -0.05) is 53.0 Å². The predicted molar refractivity (Wildman–Crippen MR) is 86.5 cm³/mol. The average molecular weight is 325 g/mol. The van der Waals surface area contributed by atoms with Crippen LogP contribution in [0.5, 0.6) is 0 Å². The summed E-state index contributed by atoms with van der Waals surface area (Å²) in [6, 6.07) is 10.9. The lowest BCUT2D eigenvalue weighted by Crippen LogP contribution is -2.07. The zero-order valence-corrected chi connectivity index (χ0v) is 12.9. The van der Waals surface area contributed by atoms with Crippen LogP contribution in [0, 0.1) is 17.0 Å². The highest BCUT2D eigenvalue weighted by molar-refractivity contribution is 6.42. The molecule has 0 atom stereocenters. The van der Waals surface area contributed by atoms with Crippen LogP contribution in [0.1, 0.15) is 11.1 Å². The van der Waals surface area contributed by atoms with Crippen molar-refractivity contribution >= 4 is 34.6 Å². The van der Waals surface area contributed by atoms with E-state index < -0.39 is 4.92 Å². The van der Waals surface area contributed by atoms with Gasteiger partial charge in [0.2, 0.25) is 0 Å². The van der Waals surface area contributed by atoms with Crippen LogP contribution < -0.4 is 5.32 Å². The van der Waals surface area contributed by atoms with Gasteiger partial charge < -0.3 is 5.32 Å². The molecule has 2 aromatic rings. The second kappa shape index (κ2) is 6.78. The molecule has 2 rings (SSSR count). The molecule has 0 saturated heterocycles. The third-order valence-electron chi connectivity index (χ3n) is 3.05. The Balaban J connectivity index is 2.09. The van der Waals surface area contributed by atoms with Gasteiger partial charge in [0.1, 0.15) is 5.69 Å². The fourth-order valence-corrected chi connectivity index (χ4v) is 2.36. The second-order valence-corrected chi connectivity index (χ2v) is 5.52. The van der Waals surface area contributed by atoms with Crippen molar-refractivity contribution in [2.24, 2.45) is 0 Å². The van der Waals surface area contributed by atoms with Crippen molar-refractivity contribution in [1.82, 2.24) is 0 Å². The number of aryl methyl sites for hydroxylation is 1. The summed E-state index contributed by atoms with van der Waals surface area (Å²) in [6.07, 6.45) is 0.763. The molecular weight excluding hydrogens is 311 g/mol. The second-order valence-electron chi connectivity index (χ2n) is 4.71. The Hall–Kier alpha value is -1.78. The molecule has 0 aliphatic heterocycles. The number of benzene rings is 2. The molecule has 6 heteroatoms. The molecule has 0 fully saturated rings. The minimum atomic E-state index is -0.475. The lowest BCUT2D eigenvalue weighted by atomic mass is 10.1. The number of nitro groups is 1. The standard InChI is InChI=1S/C15H14Cl2N2O2/c1-10-3-2-4-11(7-10)5-6-18-14-8-12(16)13(17)9-15(14)19(20)21/h2-4,7-9,18H,5-6H2,1H3. The highest BCUT2D eigenvalue weighted by Crippen LogP contribution is 2.33. The third kappa shape index (κ3) is 4.09. The van der Waals surface area contributed by atoms with Crippen molar-refractivity contribution < 1.29 is 4.92 Å². The lowest BCUT2D eigenvalue weighted by molar-refractivity contribution is -0.383. The van der Waals surface area contributed by atoms with Gasteiger partial charge in [0.25, 0.3) is 5.69 Å². The Morgan fingerprint density at radius 2 is 1.90 bits per heavy atom. The minimum Gasteiger partial charge on any atom is -0.379 e. The molecule has 0 spiro atoms. The summed E-state index contributed by atoms with van der Waals surface area (Å²) >= 11 is 11.7. The molecule has 0 saturated carbocycles. The van der Waals surface area contributed by atoms with E-state index in [-0.39, 0.29) is 10.7 Å². The predicted octanol–water partition coefficient (Wildman–Crippen LogP) is 4.86. The molecule has 0 bridgehead atoms. The molecule has 1 N–H and O–H groups in total.